The standard InChI is InChI=1S/C20H21N5O4/c21-20(29)23-14-7-5-13(6-8-14)11-22-17(26)9-10-19(28)25-12-18(27)24-15-3-1-2-4-16(15)25/h1-8H,9-12H2,(H,22,26)(H,24,27)(H3,21,23,29). The Morgan fingerprint density at radius 3 is 2.48 bits per heavy atom. The van der Waals surface area contributed by atoms with Crippen LogP contribution in [0.5, 0.6) is 0 Å². The minimum absolute atomic E-state index is 0.00504. The number of fused-ring (bicyclic) bond motifs is 1. The Balaban J connectivity index is 1.49. The van der Waals surface area contributed by atoms with Gasteiger partial charge in [-0.05, 0) is 29.8 Å². The maximum Gasteiger partial charge on any atom is 0.316 e. The van der Waals surface area contributed by atoms with Crippen molar-refractivity contribution >= 4 is 40.8 Å². The zero-order valence-electron chi connectivity index (χ0n) is 15.6. The monoisotopic (exact) mass is 395 g/mol. The number of nitrogens with one attached hydrogen (secondary N) is 3. The van der Waals surface area contributed by atoms with Crippen molar-refractivity contribution in [3.05, 3.63) is 54.1 Å². The SMILES string of the molecule is NC(=O)Nc1ccc(CNC(=O)CCC(=O)N2CC(=O)Nc3ccccc32)cc1. The van der Waals surface area contributed by atoms with Crippen molar-refractivity contribution in [2.45, 2.75) is 19.4 Å². The molecule has 1 aliphatic rings. The van der Waals surface area contributed by atoms with Crippen molar-refractivity contribution in [1.29, 1.82) is 0 Å². The Morgan fingerprint density at radius 1 is 1.03 bits per heavy atom. The summed E-state index contributed by atoms with van der Waals surface area (Å²) in [6, 6.07) is 13.2. The molecular weight excluding hydrogens is 374 g/mol. The van der Waals surface area contributed by atoms with Gasteiger partial charge in [-0.1, -0.05) is 24.3 Å². The Morgan fingerprint density at radius 2 is 1.76 bits per heavy atom. The minimum atomic E-state index is -0.649. The summed E-state index contributed by atoms with van der Waals surface area (Å²) >= 11 is 0. The van der Waals surface area contributed by atoms with Crippen molar-refractivity contribution in [2.75, 3.05) is 22.1 Å². The number of carbonyl (C=O) groups excluding carboxylic acids is 4. The van der Waals surface area contributed by atoms with Crippen LogP contribution in [0.3, 0.4) is 0 Å². The number of benzene rings is 2. The number of nitrogens with two attached hydrogens (primary N) is 1. The third-order valence-corrected chi connectivity index (χ3v) is 4.35. The number of carbonyl (C=O) groups is 4. The average molecular weight is 395 g/mol. The van der Waals surface area contributed by atoms with Gasteiger partial charge in [-0.3, -0.25) is 14.4 Å². The van der Waals surface area contributed by atoms with Crippen LogP contribution in [0, 0.1) is 0 Å². The lowest BCUT2D eigenvalue weighted by molar-refractivity contribution is -0.125. The predicted molar refractivity (Wildman–Crippen MR) is 108 cm³/mol. The number of para-hydroxylation sites is 2. The van der Waals surface area contributed by atoms with Gasteiger partial charge in [-0.2, -0.15) is 0 Å². The first kappa shape index (κ1) is 19.9. The van der Waals surface area contributed by atoms with Gasteiger partial charge in [0.2, 0.25) is 17.7 Å². The van der Waals surface area contributed by atoms with E-state index in [0.717, 1.165) is 5.56 Å². The number of amides is 5. The highest BCUT2D eigenvalue weighted by molar-refractivity contribution is 6.10. The lowest BCUT2D eigenvalue weighted by atomic mass is 10.1. The molecule has 5 N–H and O–H groups in total. The molecule has 0 saturated carbocycles. The van der Waals surface area contributed by atoms with Crippen molar-refractivity contribution in [1.82, 2.24) is 5.32 Å². The zero-order valence-corrected chi connectivity index (χ0v) is 15.6. The fraction of sp³-hybridized carbons (Fsp3) is 0.200. The molecule has 0 spiro atoms. The molecule has 2 aromatic carbocycles. The average Bonchev–Trinajstić information content (AvgIpc) is 2.70. The van der Waals surface area contributed by atoms with Gasteiger partial charge in [-0.15, -0.1) is 0 Å². The Kier molecular flexibility index (Phi) is 6.08. The molecule has 0 unspecified atom stereocenters. The van der Waals surface area contributed by atoms with E-state index in [0.29, 0.717) is 23.6 Å². The summed E-state index contributed by atoms with van der Waals surface area (Å²) in [6.45, 7) is 0.224. The molecule has 0 atom stereocenters. The van der Waals surface area contributed by atoms with Crippen LogP contribution in [0.1, 0.15) is 18.4 Å². The summed E-state index contributed by atoms with van der Waals surface area (Å²) < 4.78 is 0. The number of rotatable bonds is 6. The molecule has 0 bridgehead atoms. The van der Waals surface area contributed by atoms with Crippen molar-refractivity contribution in [2.24, 2.45) is 5.73 Å². The van der Waals surface area contributed by atoms with Gasteiger partial charge >= 0.3 is 6.03 Å². The molecular formula is C20H21N5O4. The molecule has 29 heavy (non-hydrogen) atoms. The summed E-state index contributed by atoms with van der Waals surface area (Å²) in [5.74, 6) is -0.826. The maximum atomic E-state index is 12.5. The topological polar surface area (TPSA) is 134 Å². The van der Waals surface area contributed by atoms with Crippen LogP contribution in [0.15, 0.2) is 48.5 Å². The fourth-order valence-electron chi connectivity index (χ4n) is 2.95. The lowest BCUT2D eigenvalue weighted by Crippen LogP contribution is -2.42. The van der Waals surface area contributed by atoms with Crippen LogP contribution < -0.4 is 26.6 Å². The predicted octanol–water partition coefficient (Wildman–Crippen LogP) is 1.56. The van der Waals surface area contributed by atoms with Crippen LogP contribution in [0.25, 0.3) is 0 Å². The number of anilines is 3. The summed E-state index contributed by atoms with van der Waals surface area (Å²) in [6.07, 6.45) is 0.00928. The van der Waals surface area contributed by atoms with Crippen LogP contribution in [0.4, 0.5) is 21.9 Å². The van der Waals surface area contributed by atoms with Gasteiger partial charge in [0.05, 0.1) is 11.4 Å². The highest BCUT2D eigenvalue weighted by Gasteiger charge is 2.26. The van der Waals surface area contributed by atoms with Crippen molar-refractivity contribution < 1.29 is 19.2 Å². The molecule has 2 aromatic rings. The Labute approximate surface area is 167 Å². The molecule has 0 fully saturated rings. The smallest absolute Gasteiger partial charge is 0.316 e. The highest BCUT2D eigenvalue weighted by atomic mass is 16.2. The highest BCUT2D eigenvalue weighted by Crippen LogP contribution is 2.29. The summed E-state index contributed by atoms with van der Waals surface area (Å²) in [5, 5.41) is 7.92. The largest absolute Gasteiger partial charge is 0.352 e. The molecule has 150 valence electrons. The minimum Gasteiger partial charge on any atom is -0.352 e. The number of hydrogen-bond acceptors (Lipinski definition) is 4. The first-order valence-corrected chi connectivity index (χ1v) is 9.04. The number of primary amides is 1. The molecule has 0 aliphatic carbocycles. The van der Waals surface area contributed by atoms with Gasteiger partial charge < -0.3 is 26.6 Å². The second-order valence-corrected chi connectivity index (χ2v) is 6.51. The third-order valence-electron chi connectivity index (χ3n) is 4.35. The van der Waals surface area contributed by atoms with Crippen LogP contribution in [0.2, 0.25) is 0 Å². The van der Waals surface area contributed by atoms with E-state index in [1.807, 2.05) is 0 Å². The van der Waals surface area contributed by atoms with Crippen LogP contribution in [-0.4, -0.2) is 30.3 Å². The van der Waals surface area contributed by atoms with Crippen molar-refractivity contribution in [3.8, 4) is 0 Å². The normalized spacial score (nSPS) is 12.6. The zero-order chi connectivity index (χ0) is 20.8. The molecule has 0 radical (unpaired) electrons. The molecule has 5 amide bonds. The van der Waals surface area contributed by atoms with E-state index in [4.69, 9.17) is 5.73 Å². The Hall–Kier alpha value is -3.88. The van der Waals surface area contributed by atoms with Crippen molar-refractivity contribution in [3.63, 3.8) is 0 Å². The van der Waals surface area contributed by atoms with Gasteiger partial charge in [0.25, 0.3) is 0 Å². The number of nitrogens with zero attached hydrogens (tertiary/aromatic N) is 1. The van der Waals surface area contributed by atoms with E-state index in [1.165, 1.54) is 4.90 Å². The number of hydrogen-bond donors (Lipinski definition) is 4. The van der Waals surface area contributed by atoms with E-state index < -0.39 is 6.03 Å². The van der Waals surface area contributed by atoms with Gasteiger partial charge in [0, 0.05) is 25.1 Å². The van der Waals surface area contributed by atoms with E-state index in [-0.39, 0.29) is 37.1 Å². The molecule has 0 aromatic heterocycles. The quantitative estimate of drug-likeness (QED) is 0.590. The van der Waals surface area contributed by atoms with Gasteiger partial charge in [0.15, 0.2) is 0 Å². The molecule has 1 heterocycles. The molecule has 3 rings (SSSR count). The second kappa shape index (κ2) is 8.87. The fourth-order valence-corrected chi connectivity index (χ4v) is 2.95. The van der Waals surface area contributed by atoms with Crippen LogP contribution in [-0.2, 0) is 20.9 Å². The van der Waals surface area contributed by atoms with E-state index in [2.05, 4.69) is 16.0 Å². The van der Waals surface area contributed by atoms with Crippen LogP contribution >= 0.6 is 0 Å². The Bertz CT molecular complexity index is 942. The second-order valence-electron chi connectivity index (χ2n) is 6.51. The first-order chi connectivity index (χ1) is 13.9. The maximum absolute atomic E-state index is 12.5. The van der Waals surface area contributed by atoms with E-state index >= 15 is 0 Å². The third kappa shape index (κ3) is 5.32. The molecule has 9 heteroatoms. The lowest BCUT2D eigenvalue weighted by Gasteiger charge is -2.29. The van der Waals surface area contributed by atoms with E-state index in [9.17, 15) is 19.2 Å². The van der Waals surface area contributed by atoms with E-state index in [1.54, 1.807) is 48.5 Å². The summed E-state index contributed by atoms with van der Waals surface area (Å²) in [4.78, 5) is 48.6. The molecule has 9 nitrogen and oxygen atoms in total. The number of urea groups is 1. The van der Waals surface area contributed by atoms with Gasteiger partial charge in [0.1, 0.15) is 6.54 Å². The summed E-state index contributed by atoms with van der Waals surface area (Å²) in [5.41, 5.74) is 7.65. The summed E-state index contributed by atoms with van der Waals surface area (Å²) in [7, 11) is 0. The molecule has 0 saturated heterocycles. The van der Waals surface area contributed by atoms with Gasteiger partial charge in [-0.25, -0.2) is 4.79 Å². The first-order valence-electron chi connectivity index (χ1n) is 9.04. The molecule has 1 aliphatic heterocycles.